The van der Waals surface area contributed by atoms with Crippen LogP contribution in [0, 0.1) is 13.8 Å². The van der Waals surface area contributed by atoms with E-state index in [4.69, 9.17) is 0 Å². The van der Waals surface area contributed by atoms with Gasteiger partial charge in [0, 0.05) is 38.3 Å². The minimum Gasteiger partial charge on any atom is -0.343 e. The number of nitrogens with zero attached hydrogens (tertiary/aromatic N) is 4. The smallest absolute Gasteiger partial charge is 0.219 e. The highest BCUT2D eigenvalue weighted by Crippen LogP contribution is 2.19. The van der Waals surface area contributed by atoms with Crippen molar-refractivity contribution < 1.29 is 4.79 Å². The van der Waals surface area contributed by atoms with E-state index in [9.17, 15) is 4.79 Å². The number of amides is 1. The zero-order valence-electron chi connectivity index (χ0n) is 15.7. The highest BCUT2D eigenvalue weighted by Gasteiger charge is 2.23. The van der Waals surface area contributed by atoms with Crippen LogP contribution in [0.4, 0.5) is 0 Å². The molecule has 5 heteroatoms. The molecule has 1 amide bonds. The van der Waals surface area contributed by atoms with Gasteiger partial charge < -0.3 is 4.90 Å². The number of piperidine rings is 1. The Morgan fingerprint density at radius 2 is 1.96 bits per heavy atom. The number of hydrogen-bond acceptors (Lipinski definition) is 3. The molecule has 0 saturated carbocycles. The van der Waals surface area contributed by atoms with Crippen molar-refractivity contribution in [2.24, 2.45) is 0 Å². The monoisotopic (exact) mass is 340 g/mol. The van der Waals surface area contributed by atoms with Gasteiger partial charge >= 0.3 is 0 Å². The summed E-state index contributed by atoms with van der Waals surface area (Å²) in [6.07, 6.45) is 2.10. The van der Waals surface area contributed by atoms with E-state index in [2.05, 4.69) is 54.3 Å². The van der Waals surface area contributed by atoms with Crippen LogP contribution in [0.15, 0.2) is 30.3 Å². The van der Waals surface area contributed by atoms with Crippen molar-refractivity contribution in [2.75, 3.05) is 20.1 Å². The lowest BCUT2D eigenvalue weighted by Crippen LogP contribution is -2.44. The Kier molecular flexibility index (Phi) is 5.23. The number of likely N-dealkylation sites (tertiary alicyclic amines) is 1. The lowest BCUT2D eigenvalue weighted by atomic mass is 10.0. The third-order valence-corrected chi connectivity index (χ3v) is 5.13. The molecule has 0 N–H and O–H groups in total. The van der Waals surface area contributed by atoms with Gasteiger partial charge in [0.05, 0.1) is 11.4 Å². The van der Waals surface area contributed by atoms with Crippen molar-refractivity contribution in [1.29, 1.82) is 0 Å². The molecule has 1 aliphatic rings. The zero-order valence-corrected chi connectivity index (χ0v) is 15.7. The normalized spacial score (nSPS) is 15.8. The summed E-state index contributed by atoms with van der Waals surface area (Å²) in [6, 6.07) is 11.2. The first-order valence-electron chi connectivity index (χ1n) is 9.02. The van der Waals surface area contributed by atoms with Gasteiger partial charge in [0.15, 0.2) is 0 Å². The Morgan fingerprint density at radius 1 is 1.24 bits per heavy atom. The summed E-state index contributed by atoms with van der Waals surface area (Å²) >= 11 is 0. The quantitative estimate of drug-likeness (QED) is 0.859. The summed E-state index contributed by atoms with van der Waals surface area (Å²) in [7, 11) is 2.18. The van der Waals surface area contributed by atoms with E-state index in [0.29, 0.717) is 6.04 Å². The molecule has 0 atom stereocenters. The standard InChI is InChI=1S/C20H28N4O/c1-15-12-16(2)24(21-15)20-7-5-6-18(13-20)14-22(4)19-8-10-23(11-9-19)17(3)25/h5-7,12-13,19H,8-11,14H2,1-4H3. The number of carbonyl (C=O) groups is 1. The molecule has 0 bridgehead atoms. The summed E-state index contributed by atoms with van der Waals surface area (Å²) < 4.78 is 2.00. The molecule has 134 valence electrons. The molecule has 1 aromatic carbocycles. The molecule has 1 fully saturated rings. The molecule has 0 aliphatic carbocycles. The zero-order chi connectivity index (χ0) is 18.0. The van der Waals surface area contributed by atoms with E-state index in [1.807, 2.05) is 16.5 Å². The van der Waals surface area contributed by atoms with Gasteiger partial charge in [-0.1, -0.05) is 12.1 Å². The summed E-state index contributed by atoms with van der Waals surface area (Å²) in [4.78, 5) is 15.8. The second kappa shape index (κ2) is 7.40. The highest BCUT2D eigenvalue weighted by molar-refractivity contribution is 5.73. The third-order valence-electron chi connectivity index (χ3n) is 5.13. The predicted octanol–water partition coefficient (Wildman–Crippen LogP) is 2.93. The van der Waals surface area contributed by atoms with Gasteiger partial charge in [-0.05, 0) is 57.5 Å². The molecule has 1 aromatic heterocycles. The third kappa shape index (κ3) is 4.10. The SMILES string of the molecule is CC(=O)N1CCC(N(C)Cc2cccc(-n3nc(C)cc3C)c2)CC1. The van der Waals surface area contributed by atoms with Gasteiger partial charge in [0.2, 0.25) is 5.91 Å². The molecule has 2 aromatic rings. The van der Waals surface area contributed by atoms with Crippen molar-refractivity contribution in [2.45, 2.75) is 46.2 Å². The van der Waals surface area contributed by atoms with Gasteiger partial charge in [0.25, 0.3) is 0 Å². The van der Waals surface area contributed by atoms with Gasteiger partial charge in [-0.2, -0.15) is 5.10 Å². The molecular formula is C20H28N4O. The van der Waals surface area contributed by atoms with Crippen LogP contribution in [-0.2, 0) is 11.3 Å². The molecule has 0 unspecified atom stereocenters. The maximum Gasteiger partial charge on any atom is 0.219 e. The fraction of sp³-hybridized carbons (Fsp3) is 0.500. The molecule has 1 aliphatic heterocycles. The summed E-state index contributed by atoms with van der Waals surface area (Å²) in [5.41, 5.74) is 4.60. The first-order valence-corrected chi connectivity index (χ1v) is 9.02. The second-order valence-corrected chi connectivity index (χ2v) is 7.16. The van der Waals surface area contributed by atoms with Crippen molar-refractivity contribution in [3.8, 4) is 5.69 Å². The predicted molar refractivity (Wildman–Crippen MR) is 99.8 cm³/mol. The first kappa shape index (κ1) is 17.7. The van der Waals surface area contributed by atoms with Gasteiger partial charge in [-0.15, -0.1) is 0 Å². The summed E-state index contributed by atoms with van der Waals surface area (Å²) in [5, 5.41) is 4.58. The fourth-order valence-electron chi connectivity index (χ4n) is 3.72. The Balaban J connectivity index is 1.66. The van der Waals surface area contributed by atoms with Crippen molar-refractivity contribution in [1.82, 2.24) is 19.6 Å². The number of aryl methyl sites for hydroxylation is 2. The Labute approximate surface area is 150 Å². The highest BCUT2D eigenvalue weighted by atomic mass is 16.2. The molecule has 0 radical (unpaired) electrons. The van der Waals surface area contributed by atoms with Crippen molar-refractivity contribution >= 4 is 5.91 Å². The average molecular weight is 340 g/mol. The number of benzene rings is 1. The number of hydrogen-bond donors (Lipinski definition) is 0. The van der Waals surface area contributed by atoms with E-state index < -0.39 is 0 Å². The maximum atomic E-state index is 11.5. The Morgan fingerprint density at radius 3 is 2.56 bits per heavy atom. The topological polar surface area (TPSA) is 41.4 Å². The van der Waals surface area contributed by atoms with Crippen LogP contribution in [0.25, 0.3) is 5.69 Å². The Bertz CT molecular complexity index is 744. The van der Waals surface area contributed by atoms with Crippen LogP contribution in [-0.4, -0.2) is 51.7 Å². The van der Waals surface area contributed by atoms with Crippen LogP contribution in [0.2, 0.25) is 0 Å². The van der Waals surface area contributed by atoms with Crippen LogP contribution in [0.3, 0.4) is 0 Å². The molecule has 2 heterocycles. The van der Waals surface area contributed by atoms with E-state index in [1.165, 1.54) is 5.56 Å². The van der Waals surface area contributed by atoms with Crippen LogP contribution in [0.5, 0.6) is 0 Å². The number of carbonyl (C=O) groups excluding carboxylic acids is 1. The molecular weight excluding hydrogens is 312 g/mol. The van der Waals surface area contributed by atoms with Crippen LogP contribution < -0.4 is 0 Å². The van der Waals surface area contributed by atoms with E-state index in [1.54, 1.807) is 6.92 Å². The number of aromatic nitrogens is 2. The minimum absolute atomic E-state index is 0.193. The lowest BCUT2D eigenvalue weighted by Gasteiger charge is -2.36. The van der Waals surface area contributed by atoms with Crippen LogP contribution >= 0.6 is 0 Å². The first-order chi connectivity index (χ1) is 11.9. The number of rotatable bonds is 4. The van der Waals surface area contributed by atoms with E-state index in [0.717, 1.165) is 49.6 Å². The average Bonchev–Trinajstić information content (AvgIpc) is 2.93. The van der Waals surface area contributed by atoms with Crippen LogP contribution in [0.1, 0.15) is 36.7 Å². The fourth-order valence-corrected chi connectivity index (χ4v) is 3.72. The minimum atomic E-state index is 0.193. The van der Waals surface area contributed by atoms with Crippen molar-refractivity contribution in [3.63, 3.8) is 0 Å². The molecule has 25 heavy (non-hydrogen) atoms. The lowest BCUT2D eigenvalue weighted by molar-refractivity contribution is -0.130. The van der Waals surface area contributed by atoms with Gasteiger partial charge in [-0.25, -0.2) is 4.68 Å². The molecule has 1 saturated heterocycles. The Hall–Kier alpha value is -2.14. The summed E-state index contributed by atoms with van der Waals surface area (Å²) in [5.74, 6) is 0.193. The van der Waals surface area contributed by atoms with Gasteiger partial charge in [-0.3, -0.25) is 9.69 Å². The van der Waals surface area contributed by atoms with Crippen molar-refractivity contribution in [3.05, 3.63) is 47.3 Å². The molecule has 5 nitrogen and oxygen atoms in total. The second-order valence-electron chi connectivity index (χ2n) is 7.16. The molecule has 0 spiro atoms. The maximum absolute atomic E-state index is 11.5. The molecule has 3 rings (SSSR count). The summed E-state index contributed by atoms with van der Waals surface area (Å²) in [6.45, 7) is 8.43. The van der Waals surface area contributed by atoms with Gasteiger partial charge in [0.1, 0.15) is 0 Å². The largest absolute Gasteiger partial charge is 0.343 e. The van der Waals surface area contributed by atoms with E-state index in [-0.39, 0.29) is 5.91 Å². The van der Waals surface area contributed by atoms with E-state index >= 15 is 0 Å².